The molecule has 0 radical (unpaired) electrons. The van der Waals surface area contributed by atoms with E-state index in [0.29, 0.717) is 31.8 Å². The largest absolute Gasteiger partial charge is 0.347 e. The monoisotopic (exact) mass is 339 g/mol. The van der Waals surface area contributed by atoms with Crippen LogP contribution in [0.5, 0.6) is 0 Å². The average molecular weight is 340 g/mol. The molecule has 2 amide bonds. The highest BCUT2D eigenvalue weighted by Gasteiger charge is 2.25. The van der Waals surface area contributed by atoms with Crippen molar-refractivity contribution in [2.75, 3.05) is 26.2 Å². The van der Waals surface area contributed by atoms with Crippen molar-refractivity contribution in [3.63, 3.8) is 0 Å². The lowest BCUT2D eigenvalue weighted by atomic mass is 10.1. The Morgan fingerprint density at radius 1 is 1.30 bits per heavy atom. The summed E-state index contributed by atoms with van der Waals surface area (Å²) in [5.74, 6) is 0.310. The number of benzene rings is 1. The summed E-state index contributed by atoms with van der Waals surface area (Å²) >= 11 is 0. The third-order valence-electron chi connectivity index (χ3n) is 4.17. The zero-order valence-corrected chi connectivity index (χ0v) is 14.4. The maximum Gasteiger partial charge on any atom is 0.241 e. The normalized spacial score (nSPS) is 16.8. The first-order chi connectivity index (χ1) is 10.6. The molecule has 23 heavy (non-hydrogen) atoms. The van der Waals surface area contributed by atoms with E-state index in [1.807, 2.05) is 31.2 Å². The second kappa shape index (κ2) is 9.53. The Morgan fingerprint density at radius 3 is 2.61 bits per heavy atom. The first-order valence-electron chi connectivity index (χ1n) is 7.88. The number of nitrogens with zero attached hydrogens (tertiary/aromatic N) is 1. The summed E-state index contributed by atoms with van der Waals surface area (Å²) < 4.78 is 0. The number of nitrogens with two attached hydrogens (primary N) is 1. The van der Waals surface area contributed by atoms with Crippen LogP contribution in [-0.2, 0) is 16.0 Å². The van der Waals surface area contributed by atoms with Gasteiger partial charge in [0.05, 0.1) is 6.54 Å². The van der Waals surface area contributed by atoms with Gasteiger partial charge in [-0.25, -0.2) is 0 Å². The fourth-order valence-corrected chi connectivity index (χ4v) is 2.64. The third kappa shape index (κ3) is 6.20. The second-order valence-corrected chi connectivity index (χ2v) is 5.99. The van der Waals surface area contributed by atoms with E-state index in [1.165, 1.54) is 5.56 Å². The van der Waals surface area contributed by atoms with Crippen molar-refractivity contribution in [1.29, 1.82) is 0 Å². The quantitative estimate of drug-likeness (QED) is 0.819. The van der Waals surface area contributed by atoms with Gasteiger partial charge in [-0.15, -0.1) is 12.4 Å². The summed E-state index contributed by atoms with van der Waals surface area (Å²) in [4.78, 5) is 25.6. The predicted molar refractivity (Wildman–Crippen MR) is 93.5 cm³/mol. The first-order valence-corrected chi connectivity index (χ1v) is 7.88. The van der Waals surface area contributed by atoms with Crippen LogP contribution >= 0.6 is 12.4 Å². The second-order valence-electron chi connectivity index (χ2n) is 5.99. The van der Waals surface area contributed by atoms with Crippen LogP contribution in [0, 0.1) is 12.8 Å². The van der Waals surface area contributed by atoms with Crippen LogP contribution in [0.25, 0.3) is 0 Å². The minimum atomic E-state index is -0.0801. The molecule has 0 saturated carbocycles. The lowest BCUT2D eigenvalue weighted by Crippen LogP contribution is -2.39. The minimum absolute atomic E-state index is 0. The molecule has 2 rings (SSSR count). The highest BCUT2D eigenvalue weighted by Crippen LogP contribution is 2.14. The van der Waals surface area contributed by atoms with E-state index in [1.54, 1.807) is 4.90 Å². The van der Waals surface area contributed by atoms with Crippen LogP contribution in [0.2, 0.25) is 0 Å². The van der Waals surface area contributed by atoms with Crippen LogP contribution in [0.4, 0.5) is 0 Å². The summed E-state index contributed by atoms with van der Waals surface area (Å²) in [5.41, 5.74) is 7.96. The van der Waals surface area contributed by atoms with Gasteiger partial charge in [0.1, 0.15) is 0 Å². The molecule has 128 valence electrons. The molecule has 6 heteroatoms. The number of hydrogen-bond donors (Lipinski definition) is 2. The third-order valence-corrected chi connectivity index (χ3v) is 4.17. The Morgan fingerprint density at radius 2 is 2.00 bits per heavy atom. The average Bonchev–Trinajstić information content (AvgIpc) is 3.01. The molecule has 1 aliphatic rings. The van der Waals surface area contributed by atoms with E-state index in [4.69, 9.17) is 5.73 Å². The van der Waals surface area contributed by atoms with Crippen molar-refractivity contribution in [2.45, 2.75) is 26.2 Å². The van der Waals surface area contributed by atoms with Crippen LogP contribution in [0.1, 0.15) is 24.0 Å². The number of rotatable bonds is 6. The molecule has 3 N–H and O–H groups in total. The van der Waals surface area contributed by atoms with Crippen molar-refractivity contribution < 1.29 is 9.59 Å². The van der Waals surface area contributed by atoms with Crippen LogP contribution < -0.4 is 11.1 Å². The highest BCUT2D eigenvalue weighted by molar-refractivity contribution is 5.85. The molecule has 1 aliphatic heterocycles. The van der Waals surface area contributed by atoms with Gasteiger partial charge in [0.2, 0.25) is 11.8 Å². The summed E-state index contributed by atoms with van der Waals surface area (Å²) in [6.07, 6.45) is 2.06. The minimum Gasteiger partial charge on any atom is -0.347 e. The Hall–Kier alpha value is -1.59. The summed E-state index contributed by atoms with van der Waals surface area (Å²) in [7, 11) is 0. The fraction of sp³-hybridized carbons (Fsp3) is 0.529. The Kier molecular flexibility index (Phi) is 8.06. The number of amides is 2. The molecule has 1 heterocycles. The van der Waals surface area contributed by atoms with Gasteiger partial charge in [-0.2, -0.15) is 0 Å². The van der Waals surface area contributed by atoms with Gasteiger partial charge in [0, 0.05) is 19.5 Å². The molecule has 0 bridgehead atoms. The maximum absolute atomic E-state index is 12.0. The maximum atomic E-state index is 12.0. The predicted octanol–water partition coefficient (Wildman–Crippen LogP) is 1.27. The van der Waals surface area contributed by atoms with Gasteiger partial charge >= 0.3 is 0 Å². The van der Waals surface area contributed by atoms with Crippen molar-refractivity contribution in [1.82, 2.24) is 10.2 Å². The number of nitrogens with one attached hydrogen (secondary N) is 1. The zero-order valence-electron chi connectivity index (χ0n) is 13.6. The van der Waals surface area contributed by atoms with Crippen molar-refractivity contribution in [3.05, 3.63) is 35.4 Å². The molecule has 1 atom stereocenters. The molecule has 1 unspecified atom stereocenters. The smallest absolute Gasteiger partial charge is 0.241 e. The van der Waals surface area contributed by atoms with Gasteiger partial charge < -0.3 is 16.0 Å². The van der Waals surface area contributed by atoms with Crippen LogP contribution in [0.15, 0.2) is 24.3 Å². The summed E-state index contributed by atoms with van der Waals surface area (Å²) in [5, 5.41) is 2.71. The zero-order chi connectivity index (χ0) is 15.9. The van der Waals surface area contributed by atoms with E-state index < -0.39 is 0 Å². The number of hydrogen-bond acceptors (Lipinski definition) is 3. The number of carbonyl (C=O) groups excluding carboxylic acids is 2. The molecule has 0 aromatic heterocycles. The van der Waals surface area contributed by atoms with Crippen LogP contribution in [-0.4, -0.2) is 42.9 Å². The van der Waals surface area contributed by atoms with Gasteiger partial charge in [-0.3, -0.25) is 9.59 Å². The van der Waals surface area contributed by atoms with Crippen molar-refractivity contribution in [2.24, 2.45) is 11.7 Å². The molecule has 0 aliphatic carbocycles. The standard InChI is InChI=1S/C17H25N3O2.ClH/c1-13-2-4-14(5-3-13)6-7-16(21)19-11-17(22)20-9-8-15(10-18)12-20;/h2-5,15H,6-12,18H2,1H3,(H,19,21);1H. The lowest BCUT2D eigenvalue weighted by molar-refractivity contribution is -0.132. The Labute approximate surface area is 144 Å². The summed E-state index contributed by atoms with van der Waals surface area (Å²) in [6.45, 7) is 4.21. The van der Waals surface area contributed by atoms with E-state index in [2.05, 4.69) is 5.32 Å². The van der Waals surface area contributed by atoms with Crippen molar-refractivity contribution in [3.8, 4) is 0 Å². The topological polar surface area (TPSA) is 75.4 Å². The number of halogens is 1. The van der Waals surface area contributed by atoms with E-state index in [9.17, 15) is 9.59 Å². The SMILES string of the molecule is Cc1ccc(CCC(=O)NCC(=O)N2CCC(CN)C2)cc1.Cl. The Balaban J connectivity index is 0.00000264. The molecule has 0 spiro atoms. The molecule has 1 aromatic carbocycles. The number of likely N-dealkylation sites (tertiary alicyclic amines) is 1. The number of carbonyl (C=O) groups is 2. The fourth-order valence-electron chi connectivity index (χ4n) is 2.64. The van der Waals surface area contributed by atoms with Crippen LogP contribution in [0.3, 0.4) is 0 Å². The summed E-state index contributed by atoms with van der Waals surface area (Å²) in [6, 6.07) is 8.14. The van der Waals surface area contributed by atoms with E-state index >= 15 is 0 Å². The van der Waals surface area contributed by atoms with Gasteiger partial charge in [0.15, 0.2) is 0 Å². The van der Waals surface area contributed by atoms with Gasteiger partial charge in [-0.1, -0.05) is 29.8 Å². The first kappa shape index (κ1) is 19.5. The molecule has 5 nitrogen and oxygen atoms in total. The molecular formula is C17H26ClN3O2. The molecule has 1 aromatic rings. The van der Waals surface area contributed by atoms with Gasteiger partial charge in [0.25, 0.3) is 0 Å². The van der Waals surface area contributed by atoms with E-state index in [0.717, 1.165) is 18.5 Å². The van der Waals surface area contributed by atoms with E-state index in [-0.39, 0.29) is 30.8 Å². The van der Waals surface area contributed by atoms with Gasteiger partial charge in [-0.05, 0) is 37.8 Å². The van der Waals surface area contributed by atoms with Crippen molar-refractivity contribution >= 4 is 24.2 Å². The molecule has 1 fully saturated rings. The Bertz CT molecular complexity index is 519. The molecular weight excluding hydrogens is 314 g/mol. The molecule has 1 saturated heterocycles. The highest BCUT2D eigenvalue weighted by atomic mass is 35.5. The lowest BCUT2D eigenvalue weighted by Gasteiger charge is -2.16. The number of aryl methyl sites for hydroxylation is 2.